The fourth-order valence-corrected chi connectivity index (χ4v) is 2.93. The Labute approximate surface area is 167 Å². The monoisotopic (exact) mass is 428 g/mol. The first kappa shape index (κ1) is 20.5. The van der Waals surface area contributed by atoms with Gasteiger partial charge in [0.25, 0.3) is 5.91 Å². The van der Waals surface area contributed by atoms with Crippen LogP contribution < -0.4 is 14.8 Å². The van der Waals surface area contributed by atoms with Gasteiger partial charge < -0.3 is 14.8 Å². The van der Waals surface area contributed by atoms with Gasteiger partial charge in [0.15, 0.2) is 11.5 Å². The first-order chi connectivity index (χ1) is 13.1. The Kier molecular flexibility index (Phi) is 7.90. The van der Waals surface area contributed by atoms with Crippen molar-refractivity contribution in [3.05, 3.63) is 63.6 Å². The van der Waals surface area contributed by atoms with Crippen molar-refractivity contribution in [2.45, 2.75) is 19.9 Å². The molecule has 2 aromatic rings. The van der Waals surface area contributed by atoms with Gasteiger partial charge in [-0.3, -0.25) is 4.79 Å². The Morgan fingerprint density at radius 1 is 1.30 bits per heavy atom. The first-order valence-corrected chi connectivity index (χ1v) is 9.32. The maximum atomic E-state index is 12.3. The normalized spacial score (nSPS) is 10.8. The van der Waals surface area contributed by atoms with Crippen LogP contribution in [0.1, 0.15) is 24.5 Å². The molecule has 2 rings (SSSR count). The zero-order valence-corrected chi connectivity index (χ0v) is 16.9. The van der Waals surface area contributed by atoms with E-state index in [4.69, 9.17) is 9.47 Å². The van der Waals surface area contributed by atoms with Gasteiger partial charge in [-0.2, -0.15) is 5.26 Å². The van der Waals surface area contributed by atoms with E-state index in [0.29, 0.717) is 34.7 Å². The molecule has 0 heterocycles. The van der Waals surface area contributed by atoms with Crippen molar-refractivity contribution in [2.75, 3.05) is 13.7 Å². The van der Waals surface area contributed by atoms with E-state index in [9.17, 15) is 10.1 Å². The average molecular weight is 429 g/mol. The third-order valence-electron chi connectivity index (χ3n) is 3.67. The third-order valence-corrected chi connectivity index (χ3v) is 4.26. The van der Waals surface area contributed by atoms with Gasteiger partial charge in [0.05, 0.1) is 18.2 Å². The second kappa shape index (κ2) is 10.4. The molecule has 0 radical (unpaired) electrons. The van der Waals surface area contributed by atoms with Crippen molar-refractivity contribution in [3.63, 3.8) is 0 Å². The Balaban J connectivity index is 2.19. The highest BCUT2D eigenvalue weighted by Gasteiger charge is 2.13. The van der Waals surface area contributed by atoms with Crippen LogP contribution in [0, 0.1) is 11.3 Å². The molecule has 0 spiro atoms. The number of methoxy groups -OCH3 is 1. The minimum Gasteiger partial charge on any atom is -0.493 e. The molecule has 0 aliphatic heterocycles. The van der Waals surface area contributed by atoms with Crippen LogP contribution in [0.3, 0.4) is 0 Å². The third kappa shape index (κ3) is 5.87. The quantitative estimate of drug-likeness (QED) is 0.497. The van der Waals surface area contributed by atoms with Crippen molar-refractivity contribution in [1.29, 1.82) is 5.26 Å². The van der Waals surface area contributed by atoms with E-state index in [1.165, 1.54) is 6.08 Å². The van der Waals surface area contributed by atoms with Gasteiger partial charge in [-0.05, 0) is 51.7 Å². The largest absolute Gasteiger partial charge is 0.493 e. The average Bonchev–Trinajstić information content (AvgIpc) is 2.69. The standard InChI is InChI=1S/C21H21BrN2O3/c1-3-9-27-20-18(22)11-16(12-19(20)26-2)10-17(13-23)21(25)24-14-15-7-5-4-6-8-15/h4-8,10-12H,3,9,14H2,1-2H3,(H,24,25)/b17-10+. The molecule has 0 aliphatic carbocycles. The Hall–Kier alpha value is -2.78. The summed E-state index contributed by atoms with van der Waals surface area (Å²) in [5.41, 5.74) is 1.64. The zero-order chi connectivity index (χ0) is 19.6. The van der Waals surface area contributed by atoms with Crippen LogP contribution >= 0.6 is 15.9 Å². The molecular weight excluding hydrogens is 408 g/mol. The van der Waals surface area contributed by atoms with Gasteiger partial charge in [-0.15, -0.1) is 0 Å². The lowest BCUT2D eigenvalue weighted by atomic mass is 10.1. The maximum Gasteiger partial charge on any atom is 0.262 e. The number of carbonyl (C=O) groups is 1. The number of nitriles is 1. The van der Waals surface area contributed by atoms with Crippen LogP contribution in [-0.4, -0.2) is 19.6 Å². The molecule has 0 aliphatic rings. The van der Waals surface area contributed by atoms with Crippen LogP contribution in [0.25, 0.3) is 6.08 Å². The summed E-state index contributed by atoms with van der Waals surface area (Å²) in [6.07, 6.45) is 2.40. The molecular formula is C21H21BrN2O3. The van der Waals surface area contributed by atoms with E-state index in [0.717, 1.165) is 12.0 Å². The maximum absolute atomic E-state index is 12.3. The molecule has 0 bridgehead atoms. The van der Waals surface area contributed by atoms with Gasteiger partial charge in [-0.1, -0.05) is 37.3 Å². The molecule has 0 saturated carbocycles. The van der Waals surface area contributed by atoms with E-state index >= 15 is 0 Å². The van der Waals surface area contributed by atoms with Crippen LogP contribution in [-0.2, 0) is 11.3 Å². The molecule has 0 atom stereocenters. The van der Waals surface area contributed by atoms with Crippen LogP contribution in [0.2, 0.25) is 0 Å². The topological polar surface area (TPSA) is 71.3 Å². The van der Waals surface area contributed by atoms with Gasteiger partial charge in [0.1, 0.15) is 11.6 Å². The number of carbonyl (C=O) groups excluding carboxylic acids is 1. The molecule has 0 unspecified atom stereocenters. The summed E-state index contributed by atoms with van der Waals surface area (Å²) < 4.78 is 11.8. The number of rotatable bonds is 8. The highest BCUT2D eigenvalue weighted by atomic mass is 79.9. The fourth-order valence-electron chi connectivity index (χ4n) is 2.36. The number of halogens is 1. The number of hydrogen-bond acceptors (Lipinski definition) is 4. The minimum absolute atomic E-state index is 0.0158. The molecule has 0 saturated heterocycles. The second-order valence-corrected chi connectivity index (χ2v) is 6.58. The highest BCUT2D eigenvalue weighted by molar-refractivity contribution is 9.10. The van der Waals surface area contributed by atoms with Gasteiger partial charge in [-0.25, -0.2) is 0 Å². The Morgan fingerprint density at radius 2 is 2.04 bits per heavy atom. The predicted molar refractivity (Wildman–Crippen MR) is 108 cm³/mol. The Bertz CT molecular complexity index is 858. The van der Waals surface area contributed by atoms with Crippen molar-refractivity contribution in [3.8, 4) is 17.6 Å². The number of nitrogens with zero attached hydrogens (tertiary/aromatic N) is 1. The molecule has 0 fully saturated rings. The van der Waals surface area contributed by atoms with Gasteiger partial charge >= 0.3 is 0 Å². The van der Waals surface area contributed by atoms with E-state index in [1.54, 1.807) is 19.2 Å². The molecule has 140 valence electrons. The summed E-state index contributed by atoms with van der Waals surface area (Å²) in [5, 5.41) is 12.1. The molecule has 0 aromatic heterocycles. The number of hydrogen-bond donors (Lipinski definition) is 1. The van der Waals surface area contributed by atoms with Crippen LogP contribution in [0.15, 0.2) is 52.5 Å². The summed E-state index contributed by atoms with van der Waals surface area (Å²) in [6, 6.07) is 15.0. The second-order valence-electron chi connectivity index (χ2n) is 5.72. The smallest absolute Gasteiger partial charge is 0.262 e. The summed E-state index contributed by atoms with van der Waals surface area (Å²) >= 11 is 3.46. The molecule has 1 N–H and O–H groups in total. The van der Waals surface area contributed by atoms with E-state index in [2.05, 4.69) is 21.2 Å². The summed E-state index contributed by atoms with van der Waals surface area (Å²) in [5.74, 6) is 0.706. The summed E-state index contributed by atoms with van der Waals surface area (Å²) in [7, 11) is 1.55. The Morgan fingerprint density at radius 3 is 2.67 bits per heavy atom. The predicted octanol–water partition coefficient (Wildman–Crippen LogP) is 4.47. The van der Waals surface area contributed by atoms with Crippen molar-refractivity contribution < 1.29 is 14.3 Å². The lowest BCUT2D eigenvalue weighted by Crippen LogP contribution is -2.23. The number of benzene rings is 2. The summed E-state index contributed by atoms with van der Waals surface area (Å²) in [4.78, 5) is 12.3. The van der Waals surface area contributed by atoms with E-state index < -0.39 is 5.91 Å². The molecule has 27 heavy (non-hydrogen) atoms. The number of nitrogens with one attached hydrogen (secondary N) is 1. The SMILES string of the molecule is CCCOc1c(Br)cc(/C=C(\C#N)C(=O)NCc2ccccc2)cc1OC. The number of amides is 1. The fraction of sp³-hybridized carbons (Fsp3) is 0.238. The minimum atomic E-state index is -0.428. The summed E-state index contributed by atoms with van der Waals surface area (Å²) in [6.45, 7) is 2.94. The highest BCUT2D eigenvalue weighted by Crippen LogP contribution is 2.37. The van der Waals surface area contributed by atoms with Crippen LogP contribution in [0.4, 0.5) is 0 Å². The first-order valence-electron chi connectivity index (χ1n) is 8.53. The zero-order valence-electron chi connectivity index (χ0n) is 15.3. The van der Waals surface area contributed by atoms with Crippen molar-refractivity contribution in [2.24, 2.45) is 0 Å². The number of ether oxygens (including phenoxy) is 2. The molecule has 6 heteroatoms. The van der Waals surface area contributed by atoms with Gasteiger partial charge in [0, 0.05) is 6.54 Å². The van der Waals surface area contributed by atoms with Crippen molar-refractivity contribution in [1.82, 2.24) is 5.32 Å². The van der Waals surface area contributed by atoms with Crippen LogP contribution in [0.5, 0.6) is 11.5 Å². The van der Waals surface area contributed by atoms with E-state index in [-0.39, 0.29) is 5.57 Å². The lowest BCUT2D eigenvalue weighted by molar-refractivity contribution is -0.117. The molecule has 1 amide bonds. The molecule has 2 aromatic carbocycles. The lowest BCUT2D eigenvalue weighted by Gasteiger charge is -2.13. The van der Waals surface area contributed by atoms with Crippen molar-refractivity contribution >= 4 is 27.9 Å². The van der Waals surface area contributed by atoms with E-state index in [1.807, 2.05) is 43.3 Å². The molecule has 5 nitrogen and oxygen atoms in total. The van der Waals surface area contributed by atoms with Gasteiger partial charge in [0.2, 0.25) is 0 Å².